The molecule has 2 N–H and O–H groups in total. The molecule has 1 unspecified atom stereocenters. The SMILES string of the molecule is CCN(Cc1ccncc1)CC(C(N)=S)c1ccccc1. The minimum atomic E-state index is 0.0861. The minimum Gasteiger partial charge on any atom is -0.393 e. The normalized spacial score (nSPS) is 12.3. The lowest BCUT2D eigenvalue weighted by Crippen LogP contribution is -2.33. The molecule has 0 aliphatic heterocycles. The van der Waals surface area contributed by atoms with Gasteiger partial charge in [-0.2, -0.15) is 0 Å². The van der Waals surface area contributed by atoms with Crippen molar-refractivity contribution in [1.82, 2.24) is 9.88 Å². The van der Waals surface area contributed by atoms with Crippen LogP contribution in [0.3, 0.4) is 0 Å². The molecule has 1 atom stereocenters. The number of hydrogen-bond donors (Lipinski definition) is 1. The average Bonchev–Trinajstić information content (AvgIpc) is 2.52. The molecule has 0 radical (unpaired) electrons. The molecular formula is C17H21N3S. The van der Waals surface area contributed by atoms with E-state index in [1.165, 1.54) is 11.1 Å². The van der Waals surface area contributed by atoms with E-state index in [9.17, 15) is 0 Å². The predicted molar refractivity (Wildman–Crippen MR) is 91.2 cm³/mol. The van der Waals surface area contributed by atoms with E-state index in [4.69, 9.17) is 18.0 Å². The zero-order chi connectivity index (χ0) is 15.1. The standard InChI is InChI=1S/C17H21N3S/c1-2-20(12-14-8-10-19-11-9-14)13-16(17(18)21)15-6-4-3-5-7-15/h3-11,16H,2,12-13H2,1H3,(H2,18,21). The topological polar surface area (TPSA) is 42.2 Å². The number of rotatable bonds is 7. The van der Waals surface area contributed by atoms with Crippen molar-refractivity contribution in [2.24, 2.45) is 5.73 Å². The number of hydrogen-bond acceptors (Lipinski definition) is 3. The Morgan fingerprint density at radius 3 is 2.43 bits per heavy atom. The van der Waals surface area contributed by atoms with Gasteiger partial charge in [-0.1, -0.05) is 49.5 Å². The quantitative estimate of drug-likeness (QED) is 0.798. The van der Waals surface area contributed by atoms with Gasteiger partial charge in [-0.15, -0.1) is 0 Å². The highest BCUT2D eigenvalue weighted by Gasteiger charge is 2.18. The third-order valence-corrected chi connectivity index (χ3v) is 3.87. The molecule has 0 aliphatic carbocycles. The first-order valence-corrected chi connectivity index (χ1v) is 7.57. The van der Waals surface area contributed by atoms with Crippen molar-refractivity contribution in [1.29, 1.82) is 0 Å². The molecule has 1 aromatic carbocycles. The van der Waals surface area contributed by atoms with E-state index in [0.717, 1.165) is 19.6 Å². The molecule has 1 heterocycles. The van der Waals surface area contributed by atoms with E-state index in [2.05, 4.69) is 28.9 Å². The van der Waals surface area contributed by atoms with Crippen LogP contribution in [-0.4, -0.2) is 28.0 Å². The Hall–Kier alpha value is -1.78. The van der Waals surface area contributed by atoms with Crippen LogP contribution in [0.25, 0.3) is 0 Å². The smallest absolute Gasteiger partial charge is 0.0816 e. The Morgan fingerprint density at radius 2 is 1.86 bits per heavy atom. The number of likely N-dealkylation sites (N-methyl/N-ethyl adjacent to an activating group) is 1. The molecule has 0 bridgehead atoms. The van der Waals surface area contributed by atoms with Crippen LogP contribution in [0, 0.1) is 0 Å². The van der Waals surface area contributed by atoms with Gasteiger partial charge < -0.3 is 5.73 Å². The van der Waals surface area contributed by atoms with Crippen molar-refractivity contribution in [3.63, 3.8) is 0 Å². The molecule has 2 rings (SSSR count). The molecule has 0 saturated carbocycles. The molecule has 2 aromatic rings. The minimum absolute atomic E-state index is 0.0861. The maximum Gasteiger partial charge on any atom is 0.0816 e. The zero-order valence-corrected chi connectivity index (χ0v) is 13.1. The number of thiocarbonyl (C=S) groups is 1. The van der Waals surface area contributed by atoms with Gasteiger partial charge in [-0.05, 0) is 29.8 Å². The number of nitrogens with zero attached hydrogens (tertiary/aromatic N) is 2. The van der Waals surface area contributed by atoms with Gasteiger partial charge in [-0.25, -0.2) is 0 Å². The molecular weight excluding hydrogens is 278 g/mol. The van der Waals surface area contributed by atoms with E-state index in [1.54, 1.807) is 0 Å². The first-order chi connectivity index (χ1) is 10.2. The second kappa shape index (κ2) is 7.86. The summed E-state index contributed by atoms with van der Waals surface area (Å²) < 4.78 is 0. The Balaban J connectivity index is 2.09. The molecule has 0 amide bonds. The fourth-order valence-corrected chi connectivity index (χ4v) is 2.57. The van der Waals surface area contributed by atoms with Crippen LogP contribution in [0.1, 0.15) is 24.0 Å². The molecule has 0 spiro atoms. The van der Waals surface area contributed by atoms with Crippen LogP contribution >= 0.6 is 12.2 Å². The van der Waals surface area contributed by atoms with Gasteiger partial charge in [0.15, 0.2) is 0 Å². The van der Waals surface area contributed by atoms with E-state index >= 15 is 0 Å². The fraction of sp³-hybridized carbons (Fsp3) is 0.294. The van der Waals surface area contributed by atoms with E-state index in [0.29, 0.717) is 4.99 Å². The highest BCUT2D eigenvalue weighted by Crippen LogP contribution is 2.18. The van der Waals surface area contributed by atoms with Gasteiger partial charge in [0.25, 0.3) is 0 Å². The average molecular weight is 299 g/mol. The van der Waals surface area contributed by atoms with Crippen LogP contribution in [0.4, 0.5) is 0 Å². The molecule has 0 fully saturated rings. The van der Waals surface area contributed by atoms with Crippen molar-refractivity contribution in [3.05, 3.63) is 66.0 Å². The lowest BCUT2D eigenvalue weighted by molar-refractivity contribution is 0.277. The summed E-state index contributed by atoms with van der Waals surface area (Å²) in [5, 5.41) is 0. The second-order valence-corrected chi connectivity index (χ2v) is 5.52. The summed E-state index contributed by atoms with van der Waals surface area (Å²) in [5.41, 5.74) is 8.39. The lowest BCUT2D eigenvalue weighted by Gasteiger charge is -2.26. The monoisotopic (exact) mass is 299 g/mol. The van der Waals surface area contributed by atoms with Gasteiger partial charge in [0.2, 0.25) is 0 Å². The Morgan fingerprint density at radius 1 is 1.19 bits per heavy atom. The summed E-state index contributed by atoms with van der Waals surface area (Å²) in [5.74, 6) is 0.0861. The summed E-state index contributed by atoms with van der Waals surface area (Å²) >= 11 is 5.27. The van der Waals surface area contributed by atoms with Gasteiger partial charge >= 0.3 is 0 Å². The summed E-state index contributed by atoms with van der Waals surface area (Å²) in [4.78, 5) is 6.96. The highest BCUT2D eigenvalue weighted by molar-refractivity contribution is 7.80. The Labute approximate surface area is 131 Å². The molecule has 110 valence electrons. The van der Waals surface area contributed by atoms with E-state index in [1.807, 2.05) is 42.7 Å². The van der Waals surface area contributed by atoms with E-state index < -0.39 is 0 Å². The highest BCUT2D eigenvalue weighted by atomic mass is 32.1. The van der Waals surface area contributed by atoms with Gasteiger partial charge in [0, 0.05) is 31.4 Å². The first kappa shape index (κ1) is 15.6. The number of benzene rings is 1. The number of pyridine rings is 1. The molecule has 1 aromatic heterocycles. The van der Waals surface area contributed by atoms with Crippen molar-refractivity contribution < 1.29 is 0 Å². The largest absolute Gasteiger partial charge is 0.393 e. The van der Waals surface area contributed by atoms with E-state index in [-0.39, 0.29) is 5.92 Å². The number of nitrogens with two attached hydrogens (primary N) is 1. The Bertz CT molecular complexity index is 557. The first-order valence-electron chi connectivity index (χ1n) is 7.16. The molecule has 21 heavy (non-hydrogen) atoms. The van der Waals surface area contributed by atoms with Crippen LogP contribution in [0.15, 0.2) is 54.9 Å². The van der Waals surface area contributed by atoms with Gasteiger partial charge in [-0.3, -0.25) is 9.88 Å². The van der Waals surface area contributed by atoms with Crippen LogP contribution < -0.4 is 5.73 Å². The molecule has 3 nitrogen and oxygen atoms in total. The van der Waals surface area contributed by atoms with Crippen molar-refractivity contribution in [2.75, 3.05) is 13.1 Å². The summed E-state index contributed by atoms with van der Waals surface area (Å²) in [6, 6.07) is 14.3. The van der Waals surface area contributed by atoms with Crippen LogP contribution in [0.2, 0.25) is 0 Å². The molecule has 0 aliphatic rings. The van der Waals surface area contributed by atoms with Gasteiger partial charge in [0.05, 0.1) is 4.99 Å². The zero-order valence-electron chi connectivity index (χ0n) is 12.3. The molecule has 0 saturated heterocycles. The third-order valence-electron chi connectivity index (χ3n) is 3.59. The summed E-state index contributed by atoms with van der Waals surface area (Å²) in [6.45, 7) is 4.82. The summed E-state index contributed by atoms with van der Waals surface area (Å²) in [7, 11) is 0. The van der Waals surface area contributed by atoms with Gasteiger partial charge in [0.1, 0.15) is 0 Å². The predicted octanol–water partition coefficient (Wildman–Crippen LogP) is 2.97. The van der Waals surface area contributed by atoms with Crippen LogP contribution in [0.5, 0.6) is 0 Å². The summed E-state index contributed by atoms with van der Waals surface area (Å²) in [6.07, 6.45) is 3.65. The molecule has 4 heteroatoms. The fourth-order valence-electron chi connectivity index (χ4n) is 2.36. The maximum absolute atomic E-state index is 5.96. The lowest BCUT2D eigenvalue weighted by atomic mass is 9.98. The number of aromatic nitrogens is 1. The Kier molecular flexibility index (Phi) is 5.84. The van der Waals surface area contributed by atoms with Crippen molar-refractivity contribution >= 4 is 17.2 Å². The van der Waals surface area contributed by atoms with Crippen LogP contribution in [-0.2, 0) is 6.54 Å². The second-order valence-electron chi connectivity index (χ2n) is 5.05. The van der Waals surface area contributed by atoms with Crippen molar-refractivity contribution in [3.8, 4) is 0 Å². The van der Waals surface area contributed by atoms with Crippen molar-refractivity contribution in [2.45, 2.75) is 19.4 Å². The third kappa shape index (κ3) is 4.62. The maximum atomic E-state index is 5.96.